The van der Waals surface area contributed by atoms with Crippen LogP contribution in [0.15, 0.2) is 59.6 Å². The van der Waals surface area contributed by atoms with E-state index in [-0.39, 0.29) is 18.2 Å². The normalized spacial score (nSPS) is 17.7. The second kappa shape index (κ2) is 8.38. The van der Waals surface area contributed by atoms with Gasteiger partial charge in [0, 0.05) is 23.7 Å². The molecule has 1 heterocycles. The summed E-state index contributed by atoms with van der Waals surface area (Å²) in [6.07, 6.45) is 0.156. The summed E-state index contributed by atoms with van der Waals surface area (Å²) in [6, 6.07) is 16.2. The minimum absolute atomic E-state index is 0.156. The molecule has 1 aliphatic heterocycles. The summed E-state index contributed by atoms with van der Waals surface area (Å²) in [7, 11) is 0. The molecule has 1 aliphatic rings. The third-order valence-corrected chi connectivity index (χ3v) is 5.13. The molecule has 0 aromatic heterocycles. The largest absolute Gasteiger partial charge is 0.335 e. The molecule has 0 unspecified atom stereocenters. The second-order valence-corrected chi connectivity index (χ2v) is 7.25. The molecule has 134 valence electrons. The first-order valence-electron chi connectivity index (χ1n) is 8.24. The summed E-state index contributed by atoms with van der Waals surface area (Å²) in [5, 5.41) is 3.96. The number of nitrogens with zero attached hydrogens (tertiary/aromatic N) is 2. The van der Waals surface area contributed by atoms with Crippen molar-refractivity contribution in [3.05, 3.63) is 59.6 Å². The summed E-state index contributed by atoms with van der Waals surface area (Å²) < 4.78 is 0. The van der Waals surface area contributed by atoms with E-state index in [0.717, 1.165) is 5.69 Å². The Kier molecular flexibility index (Phi) is 5.96. The van der Waals surface area contributed by atoms with Crippen LogP contribution < -0.4 is 10.2 Å². The Bertz CT molecular complexity index is 824. The van der Waals surface area contributed by atoms with E-state index >= 15 is 0 Å². The van der Waals surface area contributed by atoms with Crippen LogP contribution in [-0.4, -0.2) is 28.8 Å². The average molecular weight is 388 g/mol. The molecule has 0 bridgehead atoms. The first-order valence-corrected chi connectivity index (χ1v) is 9.49. The highest BCUT2D eigenvalue weighted by molar-refractivity contribution is 8.15. The average Bonchev–Trinajstić information content (AvgIpc) is 2.91. The third-order valence-electron chi connectivity index (χ3n) is 3.77. The van der Waals surface area contributed by atoms with Gasteiger partial charge in [0.05, 0.1) is 5.69 Å². The number of para-hydroxylation sites is 1. The Balaban J connectivity index is 1.73. The minimum Gasteiger partial charge on any atom is -0.335 e. The molecule has 0 radical (unpaired) electrons. The van der Waals surface area contributed by atoms with Crippen LogP contribution in [0.1, 0.15) is 13.3 Å². The fraction of sp³-hybridized carbons (Fsp3) is 0.211. The van der Waals surface area contributed by atoms with Gasteiger partial charge in [-0.2, -0.15) is 0 Å². The molecule has 0 aliphatic carbocycles. The summed E-state index contributed by atoms with van der Waals surface area (Å²) in [5.41, 5.74) is 1.43. The number of amidine groups is 1. The number of amides is 2. The van der Waals surface area contributed by atoms with Crippen LogP contribution in [0.2, 0.25) is 5.02 Å². The van der Waals surface area contributed by atoms with Crippen molar-refractivity contribution >= 4 is 51.7 Å². The Morgan fingerprint density at radius 3 is 2.54 bits per heavy atom. The van der Waals surface area contributed by atoms with Gasteiger partial charge >= 0.3 is 0 Å². The number of imide groups is 1. The number of nitrogens with one attached hydrogen (secondary N) is 1. The second-order valence-electron chi connectivity index (χ2n) is 5.62. The van der Waals surface area contributed by atoms with Gasteiger partial charge in [0.2, 0.25) is 11.8 Å². The van der Waals surface area contributed by atoms with E-state index in [1.807, 2.05) is 37.3 Å². The van der Waals surface area contributed by atoms with Gasteiger partial charge in [-0.15, -0.1) is 0 Å². The van der Waals surface area contributed by atoms with E-state index in [1.54, 1.807) is 24.3 Å². The number of carbonyl (C=O) groups excluding carboxylic acids is 2. The number of hydrogen-bond donors (Lipinski definition) is 1. The topological polar surface area (TPSA) is 61.8 Å². The number of aliphatic imine (C=N–C) groups is 1. The summed E-state index contributed by atoms with van der Waals surface area (Å²) >= 11 is 7.19. The smallest absolute Gasteiger partial charge is 0.247 e. The minimum atomic E-state index is -0.493. The lowest BCUT2D eigenvalue weighted by Gasteiger charge is -2.15. The maximum absolute atomic E-state index is 12.7. The zero-order chi connectivity index (χ0) is 18.5. The zero-order valence-corrected chi connectivity index (χ0v) is 15.8. The molecule has 7 heteroatoms. The molecule has 1 saturated heterocycles. The van der Waals surface area contributed by atoms with Crippen LogP contribution in [0.4, 0.5) is 11.4 Å². The van der Waals surface area contributed by atoms with Crippen molar-refractivity contribution in [2.45, 2.75) is 18.6 Å². The molecule has 2 amide bonds. The number of rotatable bonds is 4. The molecular weight excluding hydrogens is 370 g/mol. The lowest BCUT2D eigenvalue weighted by molar-refractivity contribution is -0.121. The van der Waals surface area contributed by atoms with Crippen LogP contribution in [0.3, 0.4) is 0 Å². The van der Waals surface area contributed by atoms with Crippen molar-refractivity contribution in [3.8, 4) is 0 Å². The fourth-order valence-electron chi connectivity index (χ4n) is 2.59. The van der Waals surface area contributed by atoms with Gasteiger partial charge in [0.25, 0.3) is 0 Å². The summed E-state index contributed by atoms with van der Waals surface area (Å²) in [6.45, 7) is 2.49. The number of anilines is 2. The van der Waals surface area contributed by atoms with Crippen molar-refractivity contribution in [1.29, 1.82) is 0 Å². The molecule has 1 atom stereocenters. The van der Waals surface area contributed by atoms with Crippen LogP contribution in [0.5, 0.6) is 0 Å². The zero-order valence-electron chi connectivity index (χ0n) is 14.2. The Labute approximate surface area is 161 Å². The van der Waals surface area contributed by atoms with Gasteiger partial charge < -0.3 is 5.32 Å². The van der Waals surface area contributed by atoms with Crippen molar-refractivity contribution in [2.24, 2.45) is 4.99 Å². The van der Waals surface area contributed by atoms with Crippen LogP contribution >= 0.6 is 23.4 Å². The highest BCUT2D eigenvalue weighted by Crippen LogP contribution is 2.30. The van der Waals surface area contributed by atoms with Crippen molar-refractivity contribution in [3.63, 3.8) is 0 Å². The summed E-state index contributed by atoms with van der Waals surface area (Å²) in [5.74, 6) is -0.408. The highest BCUT2D eigenvalue weighted by atomic mass is 35.5. The number of hydrogen-bond acceptors (Lipinski definition) is 4. The molecule has 2 aromatic rings. The maximum atomic E-state index is 12.7. The quantitative estimate of drug-likeness (QED) is 0.485. The first kappa shape index (κ1) is 18.5. The highest BCUT2D eigenvalue weighted by Gasteiger charge is 2.40. The molecule has 26 heavy (non-hydrogen) atoms. The van der Waals surface area contributed by atoms with E-state index in [0.29, 0.717) is 22.4 Å². The van der Waals surface area contributed by atoms with Crippen LogP contribution in [0, 0.1) is 0 Å². The predicted octanol–water partition coefficient (Wildman–Crippen LogP) is 4.19. The van der Waals surface area contributed by atoms with Crippen LogP contribution in [-0.2, 0) is 9.59 Å². The molecule has 0 saturated carbocycles. The molecule has 2 aromatic carbocycles. The van der Waals surface area contributed by atoms with Gasteiger partial charge in [-0.25, -0.2) is 4.90 Å². The molecule has 0 spiro atoms. The van der Waals surface area contributed by atoms with Gasteiger partial charge in [0.1, 0.15) is 5.25 Å². The molecule has 5 nitrogen and oxygen atoms in total. The van der Waals surface area contributed by atoms with Crippen LogP contribution in [0.25, 0.3) is 0 Å². The predicted molar refractivity (Wildman–Crippen MR) is 108 cm³/mol. The van der Waals surface area contributed by atoms with E-state index in [2.05, 4.69) is 10.3 Å². The van der Waals surface area contributed by atoms with Crippen molar-refractivity contribution < 1.29 is 9.59 Å². The fourth-order valence-corrected chi connectivity index (χ4v) is 3.79. The molecule has 1 N–H and O–H groups in total. The van der Waals surface area contributed by atoms with Gasteiger partial charge in [-0.1, -0.05) is 41.6 Å². The Morgan fingerprint density at radius 2 is 1.88 bits per heavy atom. The number of halogens is 1. The maximum Gasteiger partial charge on any atom is 0.247 e. The van der Waals surface area contributed by atoms with E-state index in [4.69, 9.17) is 11.6 Å². The Morgan fingerprint density at radius 1 is 1.19 bits per heavy atom. The SMILES string of the molecule is CCN=C(Nc1ccc(Cl)cc1)S[C@@H]1CC(=O)N(c2ccccc2)C1=O. The number of carbonyl (C=O) groups is 2. The van der Waals surface area contributed by atoms with E-state index in [1.165, 1.54) is 16.7 Å². The van der Waals surface area contributed by atoms with Gasteiger partial charge in [0.15, 0.2) is 5.17 Å². The van der Waals surface area contributed by atoms with Gasteiger partial charge in [-0.05, 0) is 43.3 Å². The molecular formula is C19H18ClN3O2S. The van der Waals surface area contributed by atoms with E-state index < -0.39 is 5.25 Å². The lowest BCUT2D eigenvalue weighted by Crippen LogP contribution is -2.31. The van der Waals surface area contributed by atoms with Crippen molar-refractivity contribution in [2.75, 3.05) is 16.8 Å². The monoisotopic (exact) mass is 387 g/mol. The van der Waals surface area contributed by atoms with Gasteiger partial charge in [-0.3, -0.25) is 14.6 Å². The molecule has 1 fully saturated rings. The Hall–Kier alpha value is -2.31. The summed E-state index contributed by atoms with van der Waals surface area (Å²) in [4.78, 5) is 30.8. The third kappa shape index (κ3) is 4.26. The number of benzene rings is 2. The van der Waals surface area contributed by atoms with Crippen molar-refractivity contribution in [1.82, 2.24) is 0 Å². The molecule has 3 rings (SSSR count). The first-order chi connectivity index (χ1) is 12.6. The number of thioether (sulfide) groups is 1. The lowest BCUT2D eigenvalue weighted by atomic mass is 10.3. The standard InChI is InChI=1S/C19H18ClN3O2S/c1-2-21-19(22-14-10-8-13(20)9-11-14)26-16-12-17(24)23(18(16)25)15-6-4-3-5-7-15/h3-11,16H,2,12H2,1H3,(H,21,22)/t16-/m1/s1. The van der Waals surface area contributed by atoms with E-state index in [9.17, 15) is 9.59 Å².